The molecule has 35 heavy (non-hydrogen) atoms. The molecule has 1 aromatic carbocycles. The van der Waals surface area contributed by atoms with E-state index in [1.54, 1.807) is 19.2 Å². The number of nitrogens with zero attached hydrogens (tertiary/aromatic N) is 3. The van der Waals surface area contributed by atoms with Crippen molar-refractivity contribution in [3.05, 3.63) is 82.5 Å². The number of benzene rings is 1. The number of ketones is 1. The second kappa shape index (κ2) is 10.8. The number of carbonyl (C=O) groups is 1. The molecule has 0 saturated heterocycles. The minimum absolute atomic E-state index is 0.253. The summed E-state index contributed by atoms with van der Waals surface area (Å²) in [5.41, 5.74) is 6.64. The Morgan fingerprint density at radius 3 is 2.83 bits per heavy atom. The van der Waals surface area contributed by atoms with Crippen molar-refractivity contribution in [2.75, 3.05) is 11.9 Å². The summed E-state index contributed by atoms with van der Waals surface area (Å²) in [6.45, 7) is 15.6. The summed E-state index contributed by atoms with van der Waals surface area (Å²) in [6, 6.07) is 10.8. The van der Waals surface area contributed by atoms with Gasteiger partial charge in [-0.15, -0.1) is 0 Å². The van der Waals surface area contributed by atoms with Gasteiger partial charge in [-0.05, 0) is 72.5 Å². The molecule has 3 aromatic rings. The minimum Gasteiger partial charge on any atom is -0.340 e. The lowest BCUT2D eigenvalue weighted by Gasteiger charge is -2.35. The summed E-state index contributed by atoms with van der Waals surface area (Å²) in [6.07, 6.45) is 9.90. The summed E-state index contributed by atoms with van der Waals surface area (Å²) < 4.78 is 0. The maximum absolute atomic E-state index is 11.7. The molecule has 1 aliphatic rings. The number of aryl methyl sites for hydroxylation is 1. The van der Waals surface area contributed by atoms with Crippen LogP contribution in [0, 0.1) is 6.92 Å². The number of allylic oxidation sites excluding steroid dienone is 1. The predicted molar refractivity (Wildman–Crippen MR) is 145 cm³/mol. The largest absolute Gasteiger partial charge is 0.340 e. The van der Waals surface area contributed by atoms with Crippen LogP contribution in [0.15, 0.2) is 55.4 Å². The van der Waals surface area contributed by atoms with E-state index in [1.807, 2.05) is 12.3 Å². The van der Waals surface area contributed by atoms with Gasteiger partial charge in [-0.3, -0.25) is 14.7 Å². The van der Waals surface area contributed by atoms with Gasteiger partial charge in [0.05, 0.1) is 5.69 Å². The van der Waals surface area contributed by atoms with Crippen molar-refractivity contribution in [2.24, 2.45) is 0 Å². The van der Waals surface area contributed by atoms with E-state index in [2.05, 4.69) is 77.5 Å². The topological polar surface area (TPSA) is 58.1 Å². The number of hydrogen-bond donors (Lipinski definition) is 1. The number of anilines is 2. The zero-order chi connectivity index (χ0) is 24.9. The molecule has 1 unspecified atom stereocenters. The molecule has 0 radical (unpaired) electrons. The first-order chi connectivity index (χ1) is 16.9. The van der Waals surface area contributed by atoms with Crippen molar-refractivity contribution >= 4 is 29.9 Å². The Labute approximate surface area is 207 Å². The fourth-order valence-electron chi connectivity index (χ4n) is 4.84. The van der Waals surface area contributed by atoms with Gasteiger partial charge in [0.15, 0.2) is 0 Å². The zero-order valence-corrected chi connectivity index (χ0v) is 21.0. The Morgan fingerprint density at radius 2 is 2.09 bits per heavy atom. The lowest BCUT2D eigenvalue weighted by molar-refractivity contribution is -0.118. The van der Waals surface area contributed by atoms with Crippen LogP contribution in [0.1, 0.15) is 43.4 Å². The van der Waals surface area contributed by atoms with Crippen molar-refractivity contribution in [1.82, 2.24) is 14.9 Å². The Hall–Kier alpha value is -3.57. The summed E-state index contributed by atoms with van der Waals surface area (Å²) in [5, 5.41) is 5.46. The zero-order valence-electron chi connectivity index (χ0n) is 21.0. The predicted octanol–water partition coefficient (Wildman–Crippen LogP) is 4.69. The number of nitrogens with one attached hydrogen (secondary N) is 1. The Bertz CT molecular complexity index is 1360. The third-order valence-electron chi connectivity index (χ3n) is 6.78. The molecule has 0 spiro atoms. The molecule has 1 atom stereocenters. The maximum atomic E-state index is 11.7. The van der Waals surface area contributed by atoms with E-state index in [0.717, 1.165) is 64.7 Å². The van der Waals surface area contributed by atoms with Crippen molar-refractivity contribution < 1.29 is 4.79 Å². The van der Waals surface area contributed by atoms with E-state index in [1.165, 1.54) is 11.1 Å². The van der Waals surface area contributed by atoms with Crippen LogP contribution in [0.4, 0.5) is 11.5 Å². The van der Waals surface area contributed by atoms with Gasteiger partial charge in [0.25, 0.3) is 0 Å². The highest BCUT2D eigenvalue weighted by Gasteiger charge is 2.25. The molecule has 1 N–H and O–H groups in total. The Kier molecular flexibility index (Phi) is 7.57. The van der Waals surface area contributed by atoms with Gasteiger partial charge in [-0.2, -0.15) is 0 Å². The summed E-state index contributed by atoms with van der Waals surface area (Å²) in [4.78, 5) is 23.5. The molecule has 5 nitrogen and oxygen atoms in total. The van der Waals surface area contributed by atoms with E-state index in [9.17, 15) is 4.79 Å². The van der Waals surface area contributed by atoms with Crippen molar-refractivity contribution in [3.63, 3.8) is 0 Å². The van der Waals surface area contributed by atoms with Gasteiger partial charge < -0.3 is 5.32 Å². The van der Waals surface area contributed by atoms with Crippen molar-refractivity contribution in [2.45, 2.75) is 52.6 Å². The standard InChI is InChI=1S/C30H34N4O/c1-6-8-23-16-29(32-18-21(23)4)28-17-25(10-9-20(28)3)33-30-27-12-14-34(19-24(27)11-13-31-30)26(7-2)15-22(5)35/h6,8-11,13,16-18,26H,1,4,7,12,14-15,19H2,2-3,5H3,(H,31,33)/b23-8-. The van der Waals surface area contributed by atoms with Gasteiger partial charge in [0, 0.05) is 54.8 Å². The Balaban J connectivity index is 1.61. The van der Waals surface area contributed by atoms with E-state index in [-0.39, 0.29) is 5.78 Å². The summed E-state index contributed by atoms with van der Waals surface area (Å²) in [5.74, 6) is 1.15. The lowest BCUT2D eigenvalue weighted by Crippen LogP contribution is -2.40. The van der Waals surface area contributed by atoms with Crippen LogP contribution in [0.3, 0.4) is 0 Å². The molecule has 180 valence electrons. The Morgan fingerprint density at radius 1 is 1.26 bits per heavy atom. The summed E-state index contributed by atoms with van der Waals surface area (Å²) >= 11 is 0. The molecule has 2 aromatic heterocycles. The first kappa shape index (κ1) is 24.6. The molecule has 4 rings (SSSR count). The van der Waals surface area contributed by atoms with Gasteiger partial charge in [-0.25, -0.2) is 4.98 Å². The van der Waals surface area contributed by atoms with Gasteiger partial charge >= 0.3 is 0 Å². The summed E-state index contributed by atoms with van der Waals surface area (Å²) in [7, 11) is 0. The molecule has 5 heteroatoms. The monoisotopic (exact) mass is 466 g/mol. The smallest absolute Gasteiger partial charge is 0.133 e. The van der Waals surface area contributed by atoms with E-state index >= 15 is 0 Å². The van der Waals surface area contributed by atoms with Crippen LogP contribution in [0.5, 0.6) is 0 Å². The molecule has 3 heterocycles. The van der Waals surface area contributed by atoms with Crippen LogP contribution < -0.4 is 15.8 Å². The normalized spacial score (nSPS) is 14.9. The van der Waals surface area contributed by atoms with E-state index < -0.39 is 0 Å². The second-order valence-corrected chi connectivity index (χ2v) is 9.31. The molecule has 0 bridgehead atoms. The van der Waals surface area contributed by atoms with Crippen LogP contribution in [-0.4, -0.2) is 33.2 Å². The number of pyridine rings is 2. The first-order valence-corrected chi connectivity index (χ1v) is 12.3. The van der Waals surface area contributed by atoms with Gasteiger partial charge in [0.2, 0.25) is 0 Å². The van der Waals surface area contributed by atoms with Crippen molar-refractivity contribution in [1.29, 1.82) is 0 Å². The van der Waals surface area contributed by atoms with Crippen LogP contribution in [-0.2, 0) is 17.8 Å². The van der Waals surface area contributed by atoms with E-state index in [0.29, 0.717) is 12.5 Å². The molecule has 0 fully saturated rings. The molecular formula is C30H34N4O. The SMILES string of the molecule is C=C/C=c1/cc(-c2cc(Nc3nccc4c3CCN(C(CC)CC(C)=O)C4)ccc2C)ncc1=C. The fourth-order valence-corrected chi connectivity index (χ4v) is 4.84. The number of rotatable bonds is 8. The molecule has 0 amide bonds. The van der Waals surface area contributed by atoms with Gasteiger partial charge in [0.1, 0.15) is 11.6 Å². The second-order valence-electron chi connectivity index (χ2n) is 9.31. The van der Waals surface area contributed by atoms with Gasteiger partial charge in [-0.1, -0.05) is 38.3 Å². The first-order valence-electron chi connectivity index (χ1n) is 12.3. The number of Topliss-reactive ketones (excluding diaryl/α,β-unsaturated/α-hetero) is 1. The molecular weight excluding hydrogens is 432 g/mol. The highest BCUT2D eigenvalue weighted by molar-refractivity contribution is 5.76. The number of fused-ring (bicyclic) bond motifs is 1. The molecule has 1 aliphatic heterocycles. The highest BCUT2D eigenvalue weighted by Crippen LogP contribution is 2.30. The molecule has 0 aliphatic carbocycles. The average Bonchev–Trinajstić information content (AvgIpc) is 2.85. The number of hydrogen-bond acceptors (Lipinski definition) is 5. The molecule has 0 saturated carbocycles. The average molecular weight is 467 g/mol. The number of aromatic nitrogens is 2. The highest BCUT2D eigenvalue weighted by atomic mass is 16.1. The maximum Gasteiger partial charge on any atom is 0.133 e. The van der Waals surface area contributed by atoms with E-state index in [4.69, 9.17) is 0 Å². The third kappa shape index (κ3) is 5.57. The third-order valence-corrected chi connectivity index (χ3v) is 6.78. The lowest BCUT2D eigenvalue weighted by atomic mass is 9.97. The minimum atomic E-state index is 0.253. The van der Waals surface area contributed by atoms with Crippen LogP contribution in [0.2, 0.25) is 0 Å². The fraction of sp³-hybridized carbons (Fsp3) is 0.300. The quantitative estimate of drug-likeness (QED) is 0.522. The van der Waals surface area contributed by atoms with Crippen LogP contribution in [0.25, 0.3) is 23.9 Å². The van der Waals surface area contributed by atoms with Crippen molar-refractivity contribution in [3.8, 4) is 11.3 Å². The van der Waals surface area contributed by atoms with Crippen LogP contribution >= 0.6 is 0 Å². The number of carbonyl (C=O) groups excluding carboxylic acids is 1.